The van der Waals surface area contributed by atoms with Crippen molar-refractivity contribution in [1.29, 1.82) is 0 Å². The standard InChI is InChI=1S/C14H15N3O3/c1-2-7-16-11-8-14(10-15-9-11)20-13-5-3-12(4-6-13)17(18)19/h3-6,8-10,16H,2,7H2,1H3. The molecule has 0 aliphatic rings. The molecule has 1 aromatic carbocycles. The molecule has 6 nitrogen and oxygen atoms in total. The number of anilines is 1. The van der Waals surface area contributed by atoms with Gasteiger partial charge in [0, 0.05) is 24.7 Å². The van der Waals surface area contributed by atoms with Crippen LogP contribution in [0.5, 0.6) is 11.5 Å². The van der Waals surface area contributed by atoms with E-state index in [9.17, 15) is 10.1 Å². The summed E-state index contributed by atoms with van der Waals surface area (Å²) in [6, 6.07) is 7.77. The van der Waals surface area contributed by atoms with Crippen LogP contribution < -0.4 is 10.1 Å². The van der Waals surface area contributed by atoms with E-state index in [0.717, 1.165) is 18.7 Å². The van der Waals surface area contributed by atoms with E-state index in [1.54, 1.807) is 24.5 Å². The molecule has 104 valence electrons. The molecule has 1 N–H and O–H groups in total. The van der Waals surface area contributed by atoms with Crippen LogP contribution >= 0.6 is 0 Å². The molecule has 0 aliphatic heterocycles. The Morgan fingerprint density at radius 2 is 2.00 bits per heavy atom. The van der Waals surface area contributed by atoms with E-state index in [1.807, 2.05) is 6.07 Å². The minimum atomic E-state index is -0.444. The molecule has 0 spiro atoms. The molecule has 0 aliphatic carbocycles. The number of nitrogens with one attached hydrogen (secondary N) is 1. The topological polar surface area (TPSA) is 77.3 Å². The number of rotatable bonds is 6. The van der Waals surface area contributed by atoms with E-state index in [0.29, 0.717) is 11.5 Å². The number of nitro groups is 1. The van der Waals surface area contributed by atoms with E-state index < -0.39 is 4.92 Å². The molecule has 0 amide bonds. The van der Waals surface area contributed by atoms with Crippen molar-refractivity contribution in [3.63, 3.8) is 0 Å². The number of nitrogens with zero attached hydrogens (tertiary/aromatic N) is 2. The van der Waals surface area contributed by atoms with E-state index in [4.69, 9.17) is 4.74 Å². The predicted octanol–water partition coefficient (Wildman–Crippen LogP) is 3.60. The lowest BCUT2D eigenvalue weighted by Gasteiger charge is -2.08. The zero-order chi connectivity index (χ0) is 14.4. The minimum absolute atomic E-state index is 0.0360. The van der Waals surface area contributed by atoms with Gasteiger partial charge < -0.3 is 10.1 Å². The Morgan fingerprint density at radius 1 is 1.25 bits per heavy atom. The summed E-state index contributed by atoms with van der Waals surface area (Å²) in [5, 5.41) is 13.8. The van der Waals surface area contributed by atoms with Gasteiger partial charge in [0.2, 0.25) is 0 Å². The van der Waals surface area contributed by atoms with Crippen LogP contribution in [0.15, 0.2) is 42.7 Å². The molecule has 20 heavy (non-hydrogen) atoms. The third-order valence-electron chi connectivity index (χ3n) is 2.58. The van der Waals surface area contributed by atoms with Crippen molar-refractivity contribution in [3.05, 3.63) is 52.8 Å². The molecule has 0 bridgehead atoms. The van der Waals surface area contributed by atoms with Crippen LogP contribution in [0.4, 0.5) is 11.4 Å². The molecule has 1 aromatic heterocycles. The molecule has 0 atom stereocenters. The van der Waals surface area contributed by atoms with Gasteiger partial charge in [-0.3, -0.25) is 15.1 Å². The smallest absolute Gasteiger partial charge is 0.269 e. The van der Waals surface area contributed by atoms with Crippen molar-refractivity contribution in [2.75, 3.05) is 11.9 Å². The van der Waals surface area contributed by atoms with Crippen molar-refractivity contribution < 1.29 is 9.66 Å². The quantitative estimate of drug-likeness (QED) is 0.642. The highest BCUT2D eigenvalue weighted by Gasteiger charge is 2.05. The Hall–Kier alpha value is -2.63. The highest BCUT2D eigenvalue weighted by molar-refractivity contribution is 5.46. The maximum absolute atomic E-state index is 10.6. The van der Waals surface area contributed by atoms with E-state index in [2.05, 4.69) is 17.2 Å². The SMILES string of the molecule is CCCNc1cncc(Oc2ccc([N+](=O)[O-])cc2)c1. The first-order chi connectivity index (χ1) is 9.69. The van der Waals surface area contributed by atoms with Crippen molar-refractivity contribution >= 4 is 11.4 Å². The van der Waals surface area contributed by atoms with Gasteiger partial charge in [0.25, 0.3) is 5.69 Å². The largest absolute Gasteiger partial charge is 0.456 e. The number of non-ortho nitro benzene ring substituents is 1. The van der Waals surface area contributed by atoms with Gasteiger partial charge in [0.1, 0.15) is 11.5 Å². The molecule has 2 rings (SSSR count). The van der Waals surface area contributed by atoms with Crippen LogP contribution in [0.2, 0.25) is 0 Å². The molecular formula is C14H15N3O3. The van der Waals surface area contributed by atoms with Crippen molar-refractivity contribution in [3.8, 4) is 11.5 Å². The third kappa shape index (κ3) is 3.68. The number of hydrogen-bond acceptors (Lipinski definition) is 5. The normalized spacial score (nSPS) is 10.1. The molecule has 6 heteroatoms. The summed E-state index contributed by atoms with van der Waals surface area (Å²) < 4.78 is 5.61. The van der Waals surface area contributed by atoms with Gasteiger partial charge in [-0.1, -0.05) is 6.92 Å². The lowest BCUT2D eigenvalue weighted by atomic mass is 10.3. The predicted molar refractivity (Wildman–Crippen MR) is 76.2 cm³/mol. The molecule has 0 fully saturated rings. The average Bonchev–Trinajstić information content (AvgIpc) is 2.46. The maximum atomic E-state index is 10.6. The van der Waals surface area contributed by atoms with E-state index in [-0.39, 0.29) is 5.69 Å². The number of hydrogen-bond donors (Lipinski definition) is 1. The summed E-state index contributed by atoms with van der Waals surface area (Å²) in [6.07, 6.45) is 4.34. The second kappa shape index (κ2) is 6.51. The summed E-state index contributed by atoms with van der Waals surface area (Å²) in [5.74, 6) is 1.12. The summed E-state index contributed by atoms with van der Waals surface area (Å²) in [7, 11) is 0. The number of pyridine rings is 1. The van der Waals surface area contributed by atoms with Gasteiger partial charge in [-0.2, -0.15) is 0 Å². The summed E-state index contributed by atoms with van der Waals surface area (Å²) >= 11 is 0. The summed E-state index contributed by atoms with van der Waals surface area (Å²) in [6.45, 7) is 2.94. The van der Waals surface area contributed by atoms with Crippen LogP contribution in [-0.2, 0) is 0 Å². The Kier molecular flexibility index (Phi) is 4.49. The van der Waals surface area contributed by atoms with Gasteiger partial charge in [0.15, 0.2) is 0 Å². The number of aromatic nitrogens is 1. The van der Waals surface area contributed by atoms with Gasteiger partial charge in [-0.05, 0) is 18.6 Å². The van der Waals surface area contributed by atoms with Gasteiger partial charge in [0.05, 0.1) is 23.0 Å². The van der Waals surface area contributed by atoms with Crippen LogP contribution in [0.25, 0.3) is 0 Å². The van der Waals surface area contributed by atoms with E-state index in [1.165, 1.54) is 12.1 Å². The first-order valence-corrected chi connectivity index (χ1v) is 6.30. The van der Waals surface area contributed by atoms with Crippen LogP contribution in [0.1, 0.15) is 13.3 Å². The van der Waals surface area contributed by atoms with Gasteiger partial charge in [-0.15, -0.1) is 0 Å². The summed E-state index contributed by atoms with van der Waals surface area (Å²) in [5.41, 5.74) is 0.917. The first-order valence-electron chi connectivity index (χ1n) is 6.30. The first kappa shape index (κ1) is 13.8. The zero-order valence-corrected chi connectivity index (χ0v) is 11.1. The van der Waals surface area contributed by atoms with Crippen molar-refractivity contribution in [1.82, 2.24) is 4.98 Å². The molecule has 0 unspecified atom stereocenters. The number of benzene rings is 1. The Bertz CT molecular complexity index is 584. The highest BCUT2D eigenvalue weighted by Crippen LogP contribution is 2.24. The fourth-order valence-electron chi connectivity index (χ4n) is 1.61. The molecular weight excluding hydrogens is 258 g/mol. The fraction of sp³-hybridized carbons (Fsp3) is 0.214. The Balaban J connectivity index is 2.07. The molecule has 0 radical (unpaired) electrons. The number of nitro benzene ring substituents is 1. The zero-order valence-electron chi connectivity index (χ0n) is 11.1. The van der Waals surface area contributed by atoms with Crippen molar-refractivity contribution in [2.45, 2.75) is 13.3 Å². The van der Waals surface area contributed by atoms with Crippen molar-refractivity contribution in [2.24, 2.45) is 0 Å². The third-order valence-corrected chi connectivity index (χ3v) is 2.58. The highest BCUT2D eigenvalue weighted by atomic mass is 16.6. The molecule has 1 heterocycles. The molecule has 0 saturated carbocycles. The molecule has 0 saturated heterocycles. The molecule has 2 aromatic rings. The van der Waals surface area contributed by atoms with Crippen LogP contribution in [0, 0.1) is 10.1 Å². The second-order valence-corrected chi connectivity index (χ2v) is 4.19. The van der Waals surface area contributed by atoms with Crippen LogP contribution in [-0.4, -0.2) is 16.5 Å². The lowest BCUT2D eigenvalue weighted by molar-refractivity contribution is -0.384. The summed E-state index contributed by atoms with van der Waals surface area (Å²) in [4.78, 5) is 14.2. The van der Waals surface area contributed by atoms with Gasteiger partial charge in [-0.25, -0.2) is 0 Å². The number of ether oxygens (including phenoxy) is 1. The Labute approximate surface area is 116 Å². The van der Waals surface area contributed by atoms with Gasteiger partial charge >= 0.3 is 0 Å². The maximum Gasteiger partial charge on any atom is 0.269 e. The minimum Gasteiger partial charge on any atom is -0.456 e. The second-order valence-electron chi connectivity index (χ2n) is 4.19. The Morgan fingerprint density at radius 3 is 2.65 bits per heavy atom. The monoisotopic (exact) mass is 273 g/mol. The fourth-order valence-corrected chi connectivity index (χ4v) is 1.61. The average molecular weight is 273 g/mol. The van der Waals surface area contributed by atoms with Crippen LogP contribution in [0.3, 0.4) is 0 Å². The van der Waals surface area contributed by atoms with E-state index >= 15 is 0 Å². The lowest BCUT2D eigenvalue weighted by Crippen LogP contribution is -2.00.